The van der Waals surface area contributed by atoms with Crippen LogP contribution in [0.25, 0.3) is 22.0 Å². The van der Waals surface area contributed by atoms with Gasteiger partial charge in [-0.2, -0.15) is 0 Å². The highest BCUT2D eigenvalue weighted by Crippen LogP contribution is 2.59. The smallest absolute Gasteiger partial charge is 0.0487 e. The first kappa shape index (κ1) is 19.9. The molecule has 0 spiro atoms. The molecule has 1 nitrogen and oxygen atoms in total. The van der Waals surface area contributed by atoms with Gasteiger partial charge in [0.15, 0.2) is 0 Å². The molecule has 0 bridgehead atoms. The maximum Gasteiger partial charge on any atom is 0.0487 e. The molecule has 0 radical (unpaired) electrons. The standard InChI is InChI=1S/C30H31N/c1-20(2)30(21(3)4)25-17-12-18-26-28(25)24(19-31(26)5)27(22-13-8-6-9-14-22)29(30)23-15-10-7-11-16-23/h6-21H,1-5H3. The molecule has 156 valence electrons. The number of hydrogen-bond acceptors (Lipinski definition) is 0. The maximum atomic E-state index is 2.40. The van der Waals surface area contributed by atoms with E-state index in [1.165, 1.54) is 44.3 Å². The molecule has 0 N–H and O–H groups in total. The molecular formula is C30H31N. The maximum absolute atomic E-state index is 2.40. The molecule has 0 saturated carbocycles. The zero-order chi connectivity index (χ0) is 21.8. The third kappa shape index (κ3) is 2.69. The van der Waals surface area contributed by atoms with Crippen LogP contribution in [0.3, 0.4) is 0 Å². The van der Waals surface area contributed by atoms with Crippen molar-refractivity contribution in [2.75, 3.05) is 0 Å². The lowest BCUT2D eigenvalue weighted by Gasteiger charge is -2.48. The van der Waals surface area contributed by atoms with E-state index in [-0.39, 0.29) is 5.41 Å². The van der Waals surface area contributed by atoms with E-state index in [1.807, 2.05) is 0 Å². The summed E-state index contributed by atoms with van der Waals surface area (Å²) < 4.78 is 2.30. The number of aryl methyl sites for hydroxylation is 1. The predicted octanol–water partition coefficient (Wildman–Crippen LogP) is 7.70. The van der Waals surface area contributed by atoms with Crippen molar-refractivity contribution in [2.24, 2.45) is 18.9 Å². The average molecular weight is 406 g/mol. The summed E-state index contributed by atoms with van der Waals surface area (Å²) in [7, 11) is 2.18. The van der Waals surface area contributed by atoms with E-state index in [4.69, 9.17) is 0 Å². The molecule has 31 heavy (non-hydrogen) atoms. The summed E-state index contributed by atoms with van der Waals surface area (Å²) in [6, 6.07) is 29.0. The van der Waals surface area contributed by atoms with E-state index < -0.39 is 0 Å². The van der Waals surface area contributed by atoms with E-state index in [1.54, 1.807) is 0 Å². The van der Waals surface area contributed by atoms with Crippen LogP contribution < -0.4 is 0 Å². The summed E-state index contributed by atoms with van der Waals surface area (Å²) >= 11 is 0. The van der Waals surface area contributed by atoms with E-state index in [0.717, 1.165) is 0 Å². The van der Waals surface area contributed by atoms with Gasteiger partial charge in [0.25, 0.3) is 0 Å². The van der Waals surface area contributed by atoms with E-state index in [0.29, 0.717) is 11.8 Å². The van der Waals surface area contributed by atoms with E-state index in [9.17, 15) is 0 Å². The molecule has 0 unspecified atom stereocenters. The Morgan fingerprint density at radius 2 is 1.26 bits per heavy atom. The van der Waals surface area contributed by atoms with Crippen molar-refractivity contribution in [2.45, 2.75) is 33.1 Å². The van der Waals surface area contributed by atoms with Gasteiger partial charge in [-0.1, -0.05) is 100 Å². The second-order valence-electron chi connectivity index (χ2n) is 9.51. The molecular weight excluding hydrogens is 374 g/mol. The molecule has 1 aromatic heterocycles. The first-order chi connectivity index (χ1) is 15.0. The Morgan fingerprint density at radius 1 is 0.677 bits per heavy atom. The molecule has 0 atom stereocenters. The van der Waals surface area contributed by atoms with Crippen LogP contribution in [0.15, 0.2) is 85.1 Å². The van der Waals surface area contributed by atoms with Crippen molar-refractivity contribution >= 4 is 22.0 Å². The number of rotatable bonds is 4. The SMILES string of the molecule is CC(C)C1(C(C)C)C(c2ccccc2)=C(c2ccccc2)c2cn(C)c3cccc1c23. The Morgan fingerprint density at radius 3 is 1.84 bits per heavy atom. The summed E-state index contributed by atoms with van der Waals surface area (Å²) in [4.78, 5) is 0. The highest BCUT2D eigenvalue weighted by Gasteiger charge is 2.48. The first-order valence-corrected chi connectivity index (χ1v) is 11.4. The molecule has 1 aliphatic carbocycles. The van der Waals surface area contributed by atoms with Crippen LogP contribution in [0.4, 0.5) is 0 Å². The second kappa shape index (κ2) is 7.27. The Bertz CT molecular complexity index is 1260. The van der Waals surface area contributed by atoms with Crippen molar-refractivity contribution in [3.05, 3.63) is 107 Å². The zero-order valence-electron chi connectivity index (χ0n) is 19.2. The summed E-state index contributed by atoms with van der Waals surface area (Å²) in [5.41, 5.74) is 9.55. The van der Waals surface area contributed by atoms with Crippen LogP contribution in [-0.2, 0) is 12.5 Å². The lowest BCUT2D eigenvalue weighted by Crippen LogP contribution is -2.41. The Kier molecular flexibility index (Phi) is 4.66. The van der Waals surface area contributed by atoms with Gasteiger partial charge in [-0.05, 0) is 45.7 Å². The zero-order valence-corrected chi connectivity index (χ0v) is 19.2. The van der Waals surface area contributed by atoms with Gasteiger partial charge in [0.1, 0.15) is 0 Å². The van der Waals surface area contributed by atoms with Crippen LogP contribution in [0.1, 0.15) is 49.9 Å². The summed E-state index contributed by atoms with van der Waals surface area (Å²) in [6.07, 6.45) is 2.34. The molecule has 3 aromatic carbocycles. The molecule has 0 aliphatic heterocycles. The van der Waals surface area contributed by atoms with Crippen LogP contribution >= 0.6 is 0 Å². The average Bonchev–Trinajstić information content (AvgIpc) is 3.11. The van der Waals surface area contributed by atoms with Crippen molar-refractivity contribution < 1.29 is 0 Å². The molecule has 4 aromatic rings. The van der Waals surface area contributed by atoms with Gasteiger partial charge in [-0.3, -0.25) is 0 Å². The number of aromatic nitrogens is 1. The van der Waals surface area contributed by atoms with Crippen LogP contribution in [0.2, 0.25) is 0 Å². The summed E-state index contributed by atoms with van der Waals surface area (Å²) in [5, 5.41) is 1.42. The van der Waals surface area contributed by atoms with Gasteiger partial charge >= 0.3 is 0 Å². The van der Waals surface area contributed by atoms with Gasteiger partial charge in [0.05, 0.1) is 0 Å². The number of benzene rings is 3. The highest BCUT2D eigenvalue weighted by atomic mass is 14.9. The number of nitrogens with zero attached hydrogens (tertiary/aromatic N) is 1. The monoisotopic (exact) mass is 405 g/mol. The fourth-order valence-electron chi connectivity index (χ4n) is 6.21. The van der Waals surface area contributed by atoms with Crippen LogP contribution in [-0.4, -0.2) is 4.57 Å². The summed E-state index contributed by atoms with van der Waals surface area (Å²) in [6.45, 7) is 9.60. The van der Waals surface area contributed by atoms with Crippen molar-refractivity contribution in [1.82, 2.24) is 4.57 Å². The molecule has 0 amide bonds. The van der Waals surface area contributed by atoms with Gasteiger partial charge in [0.2, 0.25) is 0 Å². The third-order valence-corrected chi connectivity index (χ3v) is 7.34. The van der Waals surface area contributed by atoms with E-state index in [2.05, 4.69) is 124 Å². The van der Waals surface area contributed by atoms with Crippen LogP contribution in [0, 0.1) is 11.8 Å². The lowest BCUT2D eigenvalue weighted by molar-refractivity contribution is 0.300. The number of hydrogen-bond donors (Lipinski definition) is 0. The predicted molar refractivity (Wildman–Crippen MR) is 133 cm³/mol. The topological polar surface area (TPSA) is 4.93 Å². The van der Waals surface area contributed by atoms with Gasteiger partial charge in [0, 0.05) is 35.1 Å². The molecule has 1 heteroatoms. The van der Waals surface area contributed by atoms with Crippen molar-refractivity contribution in [1.29, 1.82) is 0 Å². The van der Waals surface area contributed by atoms with Crippen molar-refractivity contribution in [3.8, 4) is 0 Å². The minimum Gasteiger partial charge on any atom is -0.350 e. The fraction of sp³-hybridized carbons (Fsp3) is 0.267. The quantitative estimate of drug-likeness (QED) is 0.328. The Balaban J connectivity index is 2.06. The largest absolute Gasteiger partial charge is 0.350 e. The van der Waals surface area contributed by atoms with E-state index >= 15 is 0 Å². The molecule has 1 aliphatic rings. The number of allylic oxidation sites excluding steroid dienone is 1. The van der Waals surface area contributed by atoms with Crippen LogP contribution in [0.5, 0.6) is 0 Å². The highest BCUT2D eigenvalue weighted by molar-refractivity contribution is 6.13. The second-order valence-corrected chi connectivity index (χ2v) is 9.51. The molecule has 0 fully saturated rings. The summed E-state index contributed by atoms with van der Waals surface area (Å²) in [5.74, 6) is 0.890. The van der Waals surface area contributed by atoms with Gasteiger partial charge in [-0.25, -0.2) is 0 Å². The van der Waals surface area contributed by atoms with Gasteiger partial charge < -0.3 is 4.57 Å². The fourth-order valence-corrected chi connectivity index (χ4v) is 6.21. The lowest BCUT2D eigenvalue weighted by atomic mass is 9.54. The van der Waals surface area contributed by atoms with Gasteiger partial charge in [-0.15, -0.1) is 0 Å². The third-order valence-electron chi connectivity index (χ3n) is 7.34. The first-order valence-electron chi connectivity index (χ1n) is 11.4. The Labute approximate surface area is 186 Å². The minimum absolute atomic E-state index is 0.0829. The normalized spacial score (nSPS) is 15.3. The minimum atomic E-state index is -0.0829. The van der Waals surface area contributed by atoms with Crippen molar-refractivity contribution in [3.63, 3.8) is 0 Å². The molecule has 5 rings (SSSR count). The Hall–Kier alpha value is -3.06. The molecule has 0 saturated heterocycles. The molecule has 1 heterocycles.